The Hall–Kier alpha value is -1.60. The number of nitrogens with zero attached hydrogens (tertiary/aromatic N) is 3. The summed E-state index contributed by atoms with van der Waals surface area (Å²) in [6.45, 7) is 1.99. The van der Waals surface area contributed by atoms with Gasteiger partial charge in [-0.25, -0.2) is 5.84 Å². The number of aliphatic hydroxyl groups excluding tert-OH is 1. The lowest BCUT2D eigenvalue weighted by Gasteiger charge is -2.32. The van der Waals surface area contributed by atoms with Gasteiger partial charge in [0.15, 0.2) is 0 Å². The van der Waals surface area contributed by atoms with Gasteiger partial charge in [-0.05, 0) is 18.8 Å². The first-order valence-corrected chi connectivity index (χ1v) is 5.70. The number of hydrogen-bond acceptors (Lipinski definition) is 7. The molecule has 2 heterocycles. The first-order chi connectivity index (χ1) is 8.22. The van der Waals surface area contributed by atoms with Gasteiger partial charge in [0.25, 0.3) is 0 Å². The maximum atomic E-state index is 9.08. The standard InChI is InChI=1S/C10H18N6O/c11-10-13-8(15-12)5-9(14-10)16-3-1-7(6-17)2-4-16/h5,7,17H,1-4,6,12H2,(H3,11,13,14,15). The molecule has 7 nitrogen and oxygen atoms in total. The van der Waals surface area contributed by atoms with E-state index in [4.69, 9.17) is 16.7 Å². The van der Waals surface area contributed by atoms with Gasteiger partial charge in [-0.3, -0.25) is 0 Å². The lowest BCUT2D eigenvalue weighted by atomic mass is 9.98. The van der Waals surface area contributed by atoms with Crippen LogP contribution in [0.4, 0.5) is 17.6 Å². The smallest absolute Gasteiger partial charge is 0.223 e. The first kappa shape index (κ1) is 11.9. The highest BCUT2D eigenvalue weighted by Gasteiger charge is 2.20. The average molecular weight is 238 g/mol. The third-order valence-electron chi connectivity index (χ3n) is 3.07. The fourth-order valence-electron chi connectivity index (χ4n) is 2.03. The van der Waals surface area contributed by atoms with Crippen molar-refractivity contribution in [3.8, 4) is 0 Å². The summed E-state index contributed by atoms with van der Waals surface area (Å²) in [6.07, 6.45) is 1.93. The Morgan fingerprint density at radius 3 is 2.71 bits per heavy atom. The van der Waals surface area contributed by atoms with Crippen LogP contribution in [0.1, 0.15) is 12.8 Å². The number of nitrogens with two attached hydrogens (primary N) is 2. The predicted molar refractivity (Wildman–Crippen MR) is 66.3 cm³/mol. The SMILES string of the molecule is NNc1cc(N2CCC(CO)CC2)nc(N)n1. The molecule has 2 rings (SSSR count). The molecule has 1 aromatic heterocycles. The maximum absolute atomic E-state index is 9.08. The molecule has 0 bridgehead atoms. The third-order valence-corrected chi connectivity index (χ3v) is 3.07. The molecule has 0 atom stereocenters. The topological polar surface area (TPSA) is 113 Å². The molecule has 0 aliphatic carbocycles. The zero-order valence-electron chi connectivity index (χ0n) is 9.63. The molecule has 94 valence electrons. The van der Waals surface area contributed by atoms with Crippen LogP contribution in [-0.2, 0) is 0 Å². The second kappa shape index (κ2) is 5.15. The average Bonchev–Trinajstić information content (AvgIpc) is 2.38. The number of piperidine rings is 1. The zero-order chi connectivity index (χ0) is 12.3. The summed E-state index contributed by atoms with van der Waals surface area (Å²) < 4.78 is 0. The minimum absolute atomic E-state index is 0.208. The highest BCUT2D eigenvalue weighted by atomic mass is 16.3. The van der Waals surface area contributed by atoms with E-state index in [0.717, 1.165) is 31.7 Å². The Bertz CT molecular complexity index is 377. The highest BCUT2D eigenvalue weighted by molar-refractivity contribution is 5.52. The van der Waals surface area contributed by atoms with E-state index in [0.29, 0.717) is 11.7 Å². The van der Waals surface area contributed by atoms with Crippen molar-refractivity contribution in [2.45, 2.75) is 12.8 Å². The van der Waals surface area contributed by atoms with Gasteiger partial charge in [0, 0.05) is 25.8 Å². The van der Waals surface area contributed by atoms with Crippen molar-refractivity contribution < 1.29 is 5.11 Å². The second-order valence-electron chi connectivity index (χ2n) is 4.23. The van der Waals surface area contributed by atoms with Gasteiger partial charge >= 0.3 is 0 Å². The Morgan fingerprint density at radius 2 is 2.12 bits per heavy atom. The summed E-state index contributed by atoms with van der Waals surface area (Å²) in [7, 11) is 0. The summed E-state index contributed by atoms with van der Waals surface area (Å²) >= 11 is 0. The van der Waals surface area contributed by atoms with Crippen molar-refractivity contribution in [1.29, 1.82) is 0 Å². The minimum Gasteiger partial charge on any atom is -0.396 e. The number of nitrogen functional groups attached to an aromatic ring is 2. The van der Waals surface area contributed by atoms with E-state index >= 15 is 0 Å². The molecule has 1 aromatic rings. The third kappa shape index (κ3) is 2.75. The molecular formula is C10H18N6O. The first-order valence-electron chi connectivity index (χ1n) is 5.70. The van der Waals surface area contributed by atoms with Crippen LogP contribution in [0.25, 0.3) is 0 Å². The number of nitrogens with one attached hydrogen (secondary N) is 1. The molecule has 0 unspecified atom stereocenters. The van der Waals surface area contributed by atoms with Gasteiger partial charge in [0.05, 0.1) is 0 Å². The van der Waals surface area contributed by atoms with E-state index in [-0.39, 0.29) is 12.6 Å². The molecule has 1 saturated heterocycles. The largest absolute Gasteiger partial charge is 0.396 e. The number of aliphatic hydroxyl groups is 1. The fraction of sp³-hybridized carbons (Fsp3) is 0.600. The fourth-order valence-corrected chi connectivity index (χ4v) is 2.03. The van der Waals surface area contributed by atoms with Gasteiger partial charge in [0.2, 0.25) is 5.95 Å². The van der Waals surface area contributed by atoms with Crippen molar-refractivity contribution >= 4 is 17.6 Å². The van der Waals surface area contributed by atoms with Gasteiger partial charge in [-0.15, -0.1) is 0 Å². The highest BCUT2D eigenvalue weighted by Crippen LogP contribution is 2.23. The van der Waals surface area contributed by atoms with Crippen molar-refractivity contribution in [3.05, 3.63) is 6.07 Å². The van der Waals surface area contributed by atoms with E-state index in [1.165, 1.54) is 0 Å². The molecule has 1 fully saturated rings. The zero-order valence-corrected chi connectivity index (χ0v) is 9.63. The van der Waals surface area contributed by atoms with E-state index < -0.39 is 0 Å². The number of rotatable bonds is 3. The number of hydrazine groups is 1. The van der Waals surface area contributed by atoms with Crippen LogP contribution in [0.3, 0.4) is 0 Å². The van der Waals surface area contributed by atoms with Crippen LogP contribution in [0.2, 0.25) is 0 Å². The van der Waals surface area contributed by atoms with E-state index in [2.05, 4.69) is 20.3 Å². The van der Waals surface area contributed by atoms with E-state index in [9.17, 15) is 0 Å². The van der Waals surface area contributed by atoms with Crippen LogP contribution in [-0.4, -0.2) is 34.8 Å². The summed E-state index contributed by atoms with van der Waals surface area (Å²) in [5, 5.41) is 9.08. The van der Waals surface area contributed by atoms with Crippen molar-refractivity contribution in [2.24, 2.45) is 11.8 Å². The van der Waals surface area contributed by atoms with Crippen molar-refractivity contribution in [1.82, 2.24) is 9.97 Å². The van der Waals surface area contributed by atoms with Gasteiger partial charge < -0.3 is 21.2 Å². The molecule has 0 radical (unpaired) electrons. The molecular weight excluding hydrogens is 220 g/mol. The molecule has 0 amide bonds. The molecule has 1 aliphatic heterocycles. The summed E-state index contributed by atoms with van der Waals surface area (Å²) in [4.78, 5) is 10.3. The quantitative estimate of drug-likeness (QED) is 0.416. The molecule has 17 heavy (non-hydrogen) atoms. The van der Waals surface area contributed by atoms with Crippen LogP contribution in [0, 0.1) is 5.92 Å². The summed E-state index contributed by atoms with van der Waals surface area (Å²) in [6, 6.07) is 1.77. The van der Waals surface area contributed by atoms with E-state index in [1.807, 2.05) is 0 Å². The molecule has 0 aromatic carbocycles. The number of aromatic nitrogens is 2. The van der Waals surface area contributed by atoms with Crippen LogP contribution >= 0.6 is 0 Å². The summed E-state index contributed by atoms with van der Waals surface area (Å²) in [5.74, 6) is 7.21. The number of anilines is 3. The van der Waals surface area contributed by atoms with Gasteiger partial charge in [0.1, 0.15) is 11.6 Å². The lowest BCUT2D eigenvalue weighted by molar-refractivity contribution is 0.203. The van der Waals surface area contributed by atoms with Crippen molar-refractivity contribution in [2.75, 3.05) is 35.8 Å². The van der Waals surface area contributed by atoms with Crippen molar-refractivity contribution in [3.63, 3.8) is 0 Å². The van der Waals surface area contributed by atoms with Gasteiger partial charge in [-0.1, -0.05) is 0 Å². The molecule has 1 aliphatic rings. The summed E-state index contributed by atoms with van der Waals surface area (Å²) in [5.41, 5.74) is 8.08. The maximum Gasteiger partial charge on any atom is 0.223 e. The molecule has 7 heteroatoms. The predicted octanol–water partition coefficient (Wildman–Crippen LogP) is -0.447. The Balaban J connectivity index is 2.10. The van der Waals surface area contributed by atoms with Crippen LogP contribution in [0.15, 0.2) is 6.07 Å². The van der Waals surface area contributed by atoms with Crippen LogP contribution < -0.4 is 21.9 Å². The Kier molecular flexibility index (Phi) is 3.60. The second-order valence-corrected chi connectivity index (χ2v) is 4.23. The van der Waals surface area contributed by atoms with Gasteiger partial charge in [-0.2, -0.15) is 9.97 Å². The lowest BCUT2D eigenvalue weighted by Crippen LogP contribution is -2.35. The number of hydrogen-bond donors (Lipinski definition) is 4. The Labute approximate surface area is 99.8 Å². The monoisotopic (exact) mass is 238 g/mol. The molecule has 0 saturated carbocycles. The minimum atomic E-state index is 0.208. The molecule has 6 N–H and O–H groups in total. The van der Waals surface area contributed by atoms with E-state index in [1.54, 1.807) is 6.07 Å². The van der Waals surface area contributed by atoms with Crippen LogP contribution in [0.5, 0.6) is 0 Å². The normalized spacial score (nSPS) is 17.2. The Morgan fingerprint density at radius 1 is 1.41 bits per heavy atom. The molecule has 0 spiro atoms.